The molecule has 2 aromatic carbocycles. The van der Waals surface area contributed by atoms with Crippen molar-refractivity contribution in [1.82, 2.24) is 0 Å². The van der Waals surface area contributed by atoms with E-state index in [0.717, 1.165) is 7.14 Å². The Labute approximate surface area is 174 Å². The van der Waals surface area contributed by atoms with Crippen molar-refractivity contribution in [3.05, 3.63) is 57.2 Å². The highest BCUT2D eigenvalue weighted by atomic mass is 127. The Kier molecular flexibility index (Phi) is 6.55. The van der Waals surface area contributed by atoms with Crippen molar-refractivity contribution in [2.75, 3.05) is 0 Å². The Bertz CT molecular complexity index is 843. The van der Waals surface area contributed by atoms with Gasteiger partial charge in [0.25, 0.3) is 0 Å². The summed E-state index contributed by atoms with van der Waals surface area (Å²) < 4.78 is 61.6. The molecule has 0 heterocycles. The lowest BCUT2D eigenvalue weighted by Gasteiger charge is -2.16. The van der Waals surface area contributed by atoms with Crippen LogP contribution in [0.1, 0.15) is 15.9 Å². The lowest BCUT2D eigenvalue weighted by molar-refractivity contribution is -0.255. The first-order valence-corrected chi connectivity index (χ1v) is 9.22. The predicted molar refractivity (Wildman–Crippen MR) is 99.5 cm³/mol. The Hall–Kier alpha value is -0.380. The fraction of sp³-hybridized carbons (Fsp3) is 0.0714. The molecule has 0 aliphatic heterocycles. The summed E-state index contributed by atoms with van der Waals surface area (Å²) in [7, 11) is 0. The van der Waals surface area contributed by atoms with Crippen LogP contribution in [0.4, 0.5) is 17.6 Å². The van der Waals surface area contributed by atoms with E-state index in [-0.39, 0.29) is 5.75 Å². The van der Waals surface area contributed by atoms with E-state index < -0.39 is 47.0 Å². The largest absolute Gasteiger partial charge is 0.545 e. The molecule has 0 unspecified atom stereocenters. The molecule has 0 saturated carbocycles. The first kappa shape index (κ1) is 19.9. The summed E-state index contributed by atoms with van der Waals surface area (Å²) in [6.45, 7) is -0.810. The molecule has 0 bridgehead atoms. The maximum atomic E-state index is 13.9. The molecule has 0 fully saturated rings. The number of hydrogen-bond acceptors (Lipinski definition) is 3. The zero-order valence-electron chi connectivity index (χ0n) is 11.2. The Morgan fingerprint density at radius 3 is 2.17 bits per heavy atom. The van der Waals surface area contributed by atoms with Gasteiger partial charge in [-0.3, -0.25) is 0 Å². The lowest BCUT2D eigenvalue weighted by Crippen LogP contribution is -2.27. The van der Waals surface area contributed by atoms with Crippen molar-refractivity contribution in [2.45, 2.75) is 6.61 Å². The third-order valence-corrected chi connectivity index (χ3v) is 6.52. The van der Waals surface area contributed by atoms with Gasteiger partial charge in [-0.15, -0.1) is 0 Å². The van der Waals surface area contributed by atoms with Gasteiger partial charge in [-0.2, -0.15) is 0 Å². The minimum Gasteiger partial charge on any atom is -0.545 e. The fourth-order valence-corrected chi connectivity index (χ4v) is 4.07. The van der Waals surface area contributed by atoms with Crippen LogP contribution in [0.3, 0.4) is 0 Å². The molecular weight excluding hydrogens is 673 g/mol. The van der Waals surface area contributed by atoms with Crippen LogP contribution in [0.25, 0.3) is 0 Å². The summed E-state index contributed by atoms with van der Waals surface area (Å²) in [5, 5.41) is 11.0. The SMILES string of the molecule is O=C([O-])c1c(F)c(F)c(F)c(F)c1COc1cc(I)cc(I)c1I. The van der Waals surface area contributed by atoms with Gasteiger partial charge in [0.15, 0.2) is 23.3 Å². The number of carbonyl (C=O) groups is 1. The summed E-state index contributed by atoms with van der Waals surface area (Å²) in [5.74, 6) is -10.1. The Morgan fingerprint density at radius 2 is 1.58 bits per heavy atom. The molecule has 0 saturated heterocycles. The second kappa shape index (κ2) is 7.88. The molecule has 24 heavy (non-hydrogen) atoms. The van der Waals surface area contributed by atoms with E-state index in [0.29, 0.717) is 3.57 Å². The molecule has 0 radical (unpaired) electrons. The maximum absolute atomic E-state index is 13.9. The van der Waals surface area contributed by atoms with Gasteiger partial charge in [0.1, 0.15) is 12.4 Å². The van der Waals surface area contributed by atoms with Gasteiger partial charge < -0.3 is 14.6 Å². The van der Waals surface area contributed by atoms with Gasteiger partial charge in [0, 0.05) is 18.3 Å². The Balaban J connectivity index is 2.49. The number of ether oxygens (including phenoxy) is 1. The highest BCUT2D eigenvalue weighted by molar-refractivity contribution is 14.1. The fourth-order valence-electron chi connectivity index (χ4n) is 1.81. The molecule has 0 spiro atoms. The molecule has 10 heteroatoms. The zero-order chi connectivity index (χ0) is 18.2. The standard InChI is InChI=1S/C14H5F4I3O3/c15-9-5(8(14(22)23)10(16)12(18)11(9)17)3-24-7-2-4(19)1-6(20)13(7)21/h1-2H,3H2,(H,22,23)/p-1. The molecule has 2 aromatic rings. The van der Waals surface area contributed by atoms with Crippen molar-refractivity contribution in [2.24, 2.45) is 0 Å². The molecule has 3 nitrogen and oxygen atoms in total. The number of carbonyl (C=O) groups excluding carboxylic acids is 1. The lowest BCUT2D eigenvalue weighted by atomic mass is 10.1. The smallest absolute Gasteiger partial charge is 0.198 e. The maximum Gasteiger partial charge on any atom is 0.198 e. The van der Waals surface area contributed by atoms with Crippen molar-refractivity contribution in [1.29, 1.82) is 0 Å². The zero-order valence-corrected chi connectivity index (χ0v) is 17.7. The minimum atomic E-state index is -2.21. The van der Waals surface area contributed by atoms with Gasteiger partial charge in [-0.1, -0.05) is 0 Å². The molecule has 0 amide bonds. The van der Waals surface area contributed by atoms with Gasteiger partial charge in [0.05, 0.1) is 9.54 Å². The summed E-state index contributed by atoms with van der Waals surface area (Å²) in [4.78, 5) is 11.0. The second-order valence-corrected chi connectivity index (χ2v) is 7.87. The normalized spacial score (nSPS) is 10.8. The van der Waals surface area contributed by atoms with Crippen LogP contribution in [-0.2, 0) is 6.61 Å². The van der Waals surface area contributed by atoms with Crippen molar-refractivity contribution in [3.8, 4) is 5.75 Å². The van der Waals surface area contributed by atoms with Crippen LogP contribution in [0, 0.1) is 34.0 Å². The first-order valence-electron chi connectivity index (χ1n) is 5.98. The Morgan fingerprint density at radius 1 is 1.00 bits per heavy atom. The van der Waals surface area contributed by atoms with Crippen LogP contribution in [0.15, 0.2) is 12.1 Å². The summed E-state index contributed by atoms with van der Waals surface area (Å²) in [5.41, 5.74) is -2.36. The third kappa shape index (κ3) is 3.89. The van der Waals surface area contributed by atoms with Crippen LogP contribution in [0.5, 0.6) is 5.75 Å². The highest BCUT2D eigenvalue weighted by Gasteiger charge is 2.26. The second-order valence-electron chi connectivity index (χ2n) is 4.39. The molecular formula is C14H4F4I3O3-. The predicted octanol–water partition coefficient (Wildman–Crippen LogP) is 4.00. The van der Waals surface area contributed by atoms with Crippen molar-refractivity contribution in [3.63, 3.8) is 0 Å². The number of halogens is 7. The van der Waals surface area contributed by atoms with E-state index >= 15 is 0 Å². The van der Waals surface area contributed by atoms with Crippen molar-refractivity contribution < 1.29 is 32.2 Å². The monoisotopic (exact) mass is 677 g/mol. The van der Waals surface area contributed by atoms with E-state index in [2.05, 4.69) is 0 Å². The highest BCUT2D eigenvalue weighted by Crippen LogP contribution is 2.31. The summed E-state index contributed by atoms with van der Waals surface area (Å²) in [6.07, 6.45) is 0. The van der Waals surface area contributed by atoms with Gasteiger partial charge in [0.2, 0.25) is 0 Å². The molecule has 128 valence electrons. The number of carboxylic acid groups (broad SMARTS) is 1. The van der Waals surface area contributed by atoms with Crippen LogP contribution >= 0.6 is 67.8 Å². The number of carboxylic acids is 1. The van der Waals surface area contributed by atoms with Gasteiger partial charge >= 0.3 is 0 Å². The number of aromatic carboxylic acids is 1. The molecule has 2 rings (SSSR count). The first-order chi connectivity index (χ1) is 11.1. The quantitative estimate of drug-likeness (QED) is 0.213. The van der Waals surface area contributed by atoms with E-state index in [1.54, 1.807) is 6.07 Å². The summed E-state index contributed by atoms with van der Waals surface area (Å²) in [6, 6.07) is 3.41. The van der Waals surface area contributed by atoms with Crippen molar-refractivity contribution >= 4 is 73.7 Å². The van der Waals surface area contributed by atoms with Gasteiger partial charge in [-0.05, 0) is 79.9 Å². The molecule has 0 aromatic heterocycles. The average Bonchev–Trinajstić information content (AvgIpc) is 2.51. The average molecular weight is 677 g/mol. The van der Waals surface area contributed by atoms with E-state index in [9.17, 15) is 27.5 Å². The molecule has 0 atom stereocenters. The molecule has 0 aliphatic carbocycles. The molecule has 0 N–H and O–H groups in total. The van der Waals surface area contributed by atoms with Crippen LogP contribution in [-0.4, -0.2) is 5.97 Å². The third-order valence-electron chi connectivity index (χ3n) is 2.90. The van der Waals surface area contributed by atoms with E-state index in [1.807, 2.05) is 73.8 Å². The van der Waals surface area contributed by atoms with E-state index in [1.165, 1.54) is 0 Å². The topological polar surface area (TPSA) is 49.4 Å². The number of rotatable bonds is 4. The number of benzene rings is 2. The van der Waals surface area contributed by atoms with Crippen LogP contribution < -0.4 is 9.84 Å². The molecule has 0 aliphatic rings. The van der Waals surface area contributed by atoms with E-state index in [4.69, 9.17) is 4.74 Å². The minimum absolute atomic E-state index is 0.265. The number of hydrogen-bond donors (Lipinski definition) is 0. The van der Waals surface area contributed by atoms with Gasteiger partial charge in [-0.25, -0.2) is 17.6 Å². The summed E-state index contributed by atoms with van der Waals surface area (Å²) >= 11 is 5.98. The van der Waals surface area contributed by atoms with Crippen LogP contribution in [0.2, 0.25) is 0 Å².